The first kappa shape index (κ1) is 16.4. The van der Waals surface area contributed by atoms with Gasteiger partial charge in [0.25, 0.3) is 5.91 Å². The van der Waals surface area contributed by atoms with E-state index < -0.39 is 5.60 Å². The number of carbonyl (C=O) groups excluding carboxylic acids is 2. The lowest BCUT2D eigenvalue weighted by atomic mass is 9.88. The molecule has 2 amide bonds. The first-order chi connectivity index (χ1) is 10.4. The highest BCUT2D eigenvalue weighted by Crippen LogP contribution is 2.26. The lowest BCUT2D eigenvalue weighted by Crippen LogP contribution is -2.50. The molecular weight excluding hydrogens is 282 g/mol. The minimum absolute atomic E-state index is 0.0976. The zero-order valence-electron chi connectivity index (χ0n) is 13.1. The van der Waals surface area contributed by atoms with Crippen LogP contribution in [-0.2, 0) is 4.79 Å². The molecule has 0 radical (unpaired) electrons. The van der Waals surface area contributed by atoms with Gasteiger partial charge in [-0.25, -0.2) is 0 Å². The van der Waals surface area contributed by atoms with Gasteiger partial charge >= 0.3 is 0 Å². The first-order valence-corrected chi connectivity index (χ1v) is 7.58. The molecule has 0 aromatic carbocycles. The van der Waals surface area contributed by atoms with Crippen molar-refractivity contribution in [1.82, 2.24) is 15.2 Å². The maximum Gasteiger partial charge on any atom is 0.255 e. The number of hydrogen-bond donors (Lipinski definition) is 2. The van der Waals surface area contributed by atoms with E-state index in [9.17, 15) is 14.7 Å². The van der Waals surface area contributed by atoms with Crippen molar-refractivity contribution in [2.75, 3.05) is 20.1 Å². The minimum Gasteiger partial charge on any atom is -0.388 e. The second kappa shape index (κ2) is 6.87. The first-order valence-electron chi connectivity index (χ1n) is 7.58. The van der Waals surface area contributed by atoms with Crippen molar-refractivity contribution in [3.8, 4) is 0 Å². The summed E-state index contributed by atoms with van der Waals surface area (Å²) in [5, 5.41) is 13.2. The number of nitrogens with zero attached hydrogens (tertiary/aromatic N) is 2. The van der Waals surface area contributed by atoms with Crippen LogP contribution in [0.3, 0.4) is 0 Å². The zero-order chi connectivity index (χ0) is 16.2. The van der Waals surface area contributed by atoms with Crippen LogP contribution >= 0.6 is 0 Å². The van der Waals surface area contributed by atoms with E-state index in [-0.39, 0.29) is 24.8 Å². The molecule has 120 valence electrons. The van der Waals surface area contributed by atoms with Crippen LogP contribution in [0.2, 0.25) is 0 Å². The Hall–Kier alpha value is -1.95. The highest BCUT2D eigenvalue weighted by molar-refractivity contribution is 5.94. The number of likely N-dealkylation sites (tertiary alicyclic amines) is 1. The number of aromatic nitrogens is 1. The molecule has 1 aliphatic heterocycles. The monoisotopic (exact) mass is 305 g/mol. The van der Waals surface area contributed by atoms with Crippen LogP contribution in [-0.4, -0.2) is 52.5 Å². The van der Waals surface area contributed by atoms with Crippen molar-refractivity contribution in [3.63, 3.8) is 0 Å². The number of hydrogen-bond acceptors (Lipinski definition) is 4. The maximum atomic E-state index is 12.5. The van der Waals surface area contributed by atoms with Gasteiger partial charge in [-0.2, -0.15) is 0 Å². The Balaban J connectivity index is 2.01. The lowest BCUT2D eigenvalue weighted by Gasteiger charge is -2.39. The fraction of sp³-hybridized carbons (Fsp3) is 0.562. The maximum absolute atomic E-state index is 12.5. The molecule has 0 unspecified atom stereocenters. The number of pyridine rings is 1. The number of aryl methyl sites for hydroxylation is 1. The van der Waals surface area contributed by atoms with E-state index in [1.807, 2.05) is 6.92 Å². The molecule has 2 N–H and O–H groups in total. The molecule has 6 nitrogen and oxygen atoms in total. The van der Waals surface area contributed by atoms with Crippen LogP contribution in [0.5, 0.6) is 0 Å². The molecule has 0 spiro atoms. The summed E-state index contributed by atoms with van der Waals surface area (Å²) in [5.41, 5.74) is 0.400. The summed E-state index contributed by atoms with van der Waals surface area (Å²) >= 11 is 0. The van der Waals surface area contributed by atoms with E-state index in [0.29, 0.717) is 24.9 Å². The molecular formula is C16H23N3O3. The molecule has 2 heterocycles. The van der Waals surface area contributed by atoms with Crippen LogP contribution < -0.4 is 5.32 Å². The van der Waals surface area contributed by atoms with Gasteiger partial charge in [-0.15, -0.1) is 0 Å². The highest BCUT2D eigenvalue weighted by atomic mass is 16.3. The van der Waals surface area contributed by atoms with Gasteiger partial charge in [0.05, 0.1) is 11.2 Å². The van der Waals surface area contributed by atoms with Gasteiger partial charge in [-0.05, 0) is 38.3 Å². The van der Waals surface area contributed by atoms with E-state index >= 15 is 0 Å². The topological polar surface area (TPSA) is 82.5 Å². The van der Waals surface area contributed by atoms with Gasteiger partial charge in [-0.3, -0.25) is 14.6 Å². The van der Waals surface area contributed by atoms with E-state index in [1.165, 1.54) is 0 Å². The van der Waals surface area contributed by atoms with Crippen LogP contribution in [0.15, 0.2) is 18.3 Å². The third kappa shape index (κ3) is 4.04. The van der Waals surface area contributed by atoms with Crippen molar-refractivity contribution in [2.24, 2.45) is 0 Å². The number of aliphatic hydroxyl groups is 1. The Labute approximate surface area is 130 Å². The number of nitrogens with one attached hydrogen (secondary N) is 1. The summed E-state index contributed by atoms with van der Waals surface area (Å²) in [7, 11) is 1.58. The molecule has 22 heavy (non-hydrogen) atoms. The Morgan fingerprint density at radius 1 is 1.45 bits per heavy atom. The summed E-state index contributed by atoms with van der Waals surface area (Å²) in [4.78, 5) is 29.6. The summed E-state index contributed by atoms with van der Waals surface area (Å²) < 4.78 is 0. The molecule has 0 aliphatic carbocycles. The largest absolute Gasteiger partial charge is 0.388 e. The molecule has 1 atom stereocenters. The Morgan fingerprint density at radius 2 is 2.23 bits per heavy atom. The summed E-state index contributed by atoms with van der Waals surface area (Å²) in [6, 6.07) is 3.55. The van der Waals surface area contributed by atoms with Gasteiger partial charge in [0.15, 0.2) is 0 Å². The van der Waals surface area contributed by atoms with Crippen LogP contribution in [0.25, 0.3) is 0 Å². The number of piperidine rings is 1. The minimum atomic E-state index is -0.988. The fourth-order valence-electron chi connectivity index (χ4n) is 2.74. The van der Waals surface area contributed by atoms with Gasteiger partial charge in [0.2, 0.25) is 5.91 Å². The predicted octanol–water partition coefficient (Wildman–Crippen LogP) is 0.883. The average molecular weight is 305 g/mol. The quantitative estimate of drug-likeness (QED) is 0.865. The van der Waals surface area contributed by atoms with E-state index in [4.69, 9.17) is 0 Å². The second-order valence-corrected chi connectivity index (χ2v) is 5.92. The summed E-state index contributed by atoms with van der Waals surface area (Å²) in [5.74, 6) is -0.217. The van der Waals surface area contributed by atoms with Crippen LogP contribution in [0.4, 0.5) is 0 Å². The molecule has 0 bridgehead atoms. The number of amides is 2. The van der Waals surface area contributed by atoms with E-state index in [1.54, 1.807) is 30.3 Å². The van der Waals surface area contributed by atoms with Crippen molar-refractivity contribution in [3.05, 3.63) is 29.6 Å². The average Bonchev–Trinajstić information content (AvgIpc) is 2.53. The van der Waals surface area contributed by atoms with Crippen molar-refractivity contribution in [2.45, 2.75) is 38.2 Å². The van der Waals surface area contributed by atoms with E-state index in [2.05, 4.69) is 10.3 Å². The molecule has 0 saturated carbocycles. The molecule has 1 aliphatic rings. The van der Waals surface area contributed by atoms with Crippen molar-refractivity contribution >= 4 is 11.8 Å². The standard InChI is InChI=1S/C16H23N3O3/c1-12-4-5-13(10-18-12)15(21)19-9-3-7-16(22,11-19)8-6-14(20)17-2/h4-5,10,22H,3,6-9,11H2,1-2H3,(H,17,20)/t16-/m1/s1. The summed E-state index contributed by atoms with van der Waals surface area (Å²) in [6.45, 7) is 2.75. The second-order valence-electron chi connectivity index (χ2n) is 5.92. The smallest absolute Gasteiger partial charge is 0.255 e. The van der Waals surface area contributed by atoms with Crippen LogP contribution in [0, 0.1) is 6.92 Å². The van der Waals surface area contributed by atoms with Crippen molar-refractivity contribution in [1.29, 1.82) is 0 Å². The molecule has 2 rings (SSSR count). The third-order valence-corrected chi connectivity index (χ3v) is 4.10. The SMILES string of the molecule is CNC(=O)CC[C@]1(O)CCCN(C(=O)c2ccc(C)nc2)C1. The number of carbonyl (C=O) groups is 2. The fourth-order valence-corrected chi connectivity index (χ4v) is 2.74. The molecule has 1 fully saturated rings. The highest BCUT2D eigenvalue weighted by Gasteiger charge is 2.35. The van der Waals surface area contributed by atoms with E-state index in [0.717, 1.165) is 12.1 Å². The van der Waals surface area contributed by atoms with Gasteiger partial charge < -0.3 is 15.3 Å². The number of β-amino-alcohol motifs (C(OH)–C–C–N with tert-alkyl or cyclic N) is 1. The lowest BCUT2D eigenvalue weighted by molar-refractivity contribution is -0.122. The Bertz CT molecular complexity index is 544. The molecule has 1 saturated heterocycles. The summed E-state index contributed by atoms with van der Waals surface area (Å²) in [6.07, 6.45) is 3.54. The van der Waals surface area contributed by atoms with Gasteiger partial charge in [0.1, 0.15) is 0 Å². The molecule has 1 aromatic rings. The Kier molecular flexibility index (Phi) is 5.13. The van der Waals surface area contributed by atoms with Crippen molar-refractivity contribution < 1.29 is 14.7 Å². The van der Waals surface area contributed by atoms with Crippen LogP contribution in [0.1, 0.15) is 41.7 Å². The van der Waals surface area contributed by atoms with Gasteiger partial charge in [-0.1, -0.05) is 0 Å². The molecule has 6 heteroatoms. The predicted molar refractivity (Wildman–Crippen MR) is 82.4 cm³/mol. The Morgan fingerprint density at radius 3 is 2.86 bits per heavy atom. The third-order valence-electron chi connectivity index (χ3n) is 4.10. The van der Waals surface area contributed by atoms with Gasteiger partial charge in [0, 0.05) is 38.4 Å². The zero-order valence-corrected chi connectivity index (χ0v) is 13.1. The number of rotatable bonds is 4. The molecule has 1 aromatic heterocycles. The normalized spacial score (nSPS) is 21.5.